The number of nitrogens with zero attached hydrogens (tertiary/aromatic N) is 2. The molecule has 138 valence electrons. The minimum Gasteiger partial charge on any atom is -0.394 e. The van der Waals surface area contributed by atoms with E-state index in [1.807, 2.05) is 0 Å². The summed E-state index contributed by atoms with van der Waals surface area (Å²) in [6.45, 7) is 0. The number of rotatable bonds is 1. The lowest BCUT2D eigenvalue weighted by Gasteiger charge is -2.14. The molecule has 0 saturated carbocycles. The summed E-state index contributed by atoms with van der Waals surface area (Å²) < 4.78 is 43.4. The van der Waals surface area contributed by atoms with Gasteiger partial charge >= 0.3 is 0 Å². The van der Waals surface area contributed by atoms with Crippen LogP contribution in [0.3, 0.4) is 0 Å². The highest BCUT2D eigenvalue weighted by Gasteiger charge is 2.23. The Morgan fingerprint density at radius 1 is 1.04 bits per heavy atom. The maximum absolute atomic E-state index is 15.1. The maximum Gasteiger partial charge on any atom is 0.272 e. The van der Waals surface area contributed by atoms with Crippen LogP contribution in [0.4, 0.5) is 18.9 Å². The molecule has 5 aromatic rings. The molecular weight excluding hydrogens is 371 g/mol. The summed E-state index contributed by atoms with van der Waals surface area (Å²) in [5, 5.41) is 6.74. The van der Waals surface area contributed by atoms with Gasteiger partial charge in [-0.3, -0.25) is 14.9 Å². The molecule has 2 aromatic carbocycles. The van der Waals surface area contributed by atoms with Crippen molar-refractivity contribution < 1.29 is 13.2 Å². The monoisotopic (exact) mass is 381 g/mol. The summed E-state index contributed by atoms with van der Waals surface area (Å²) in [6.07, 6.45) is 2.76. The van der Waals surface area contributed by atoms with Crippen molar-refractivity contribution in [3.05, 3.63) is 64.5 Å². The number of H-pyrrole nitrogens is 2. The van der Waals surface area contributed by atoms with E-state index in [0.29, 0.717) is 10.9 Å². The van der Waals surface area contributed by atoms with Gasteiger partial charge in [0.2, 0.25) is 0 Å². The molecule has 5 rings (SSSR count). The number of fused-ring (bicyclic) bond motifs is 4. The second-order valence-electron chi connectivity index (χ2n) is 6.30. The molecule has 3 heterocycles. The van der Waals surface area contributed by atoms with Crippen LogP contribution in [0.15, 0.2) is 41.5 Å². The molecule has 0 saturated heterocycles. The molecular formula is C19H10F3N5O. The van der Waals surface area contributed by atoms with Crippen LogP contribution in [-0.2, 0) is 0 Å². The quantitative estimate of drug-likeness (QED) is 0.386. The topological polar surface area (TPSA) is 100 Å². The Kier molecular flexibility index (Phi) is 3.24. The Bertz CT molecular complexity index is 1490. The van der Waals surface area contributed by atoms with Crippen LogP contribution in [0.1, 0.15) is 0 Å². The van der Waals surface area contributed by atoms with Gasteiger partial charge in [-0.2, -0.15) is 5.10 Å². The van der Waals surface area contributed by atoms with Crippen LogP contribution in [-0.4, -0.2) is 20.2 Å². The molecule has 9 heteroatoms. The fourth-order valence-electron chi connectivity index (χ4n) is 3.53. The van der Waals surface area contributed by atoms with Crippen molar-refractivity contribution in [2.24, 2.45) is 0 Å². The van der Waals surface area contributed by atoms with Crippen LogP contribution in [0.2, 0.25) is 0 Å². The van der Waals surface area contributed by atoms with E-state index in [9.17, 15) is 13.6 Å². The standard InChI is InChI=1S/C19H10F3N5O/c20-10-5-12-7(2-1-3-24-12)17-14(10)13(16(23)19(28)26-17)8-4-11(21)15(22)18-9(8)6-25-27-18/h1-6H,23H2,(H,25,27)(H,26,28). The van der Waals surface area contributed by atoms with Crippen molar-refractivity contribution in [3.63, 3.8) is 0 Å². The molecule has 3 aromatic heterocycles. The summed E-state index contributed by atoms with van der Waals surface area (Å²) >= 11 is 0. The molecule has 4 N–H and O–H groups in total. The van der Waals surface area contributed by atoms with Crippen LogP contribution in [0, 0.1) is 17.5 Å². The zero-order chi connectivity index (χ0) is 19.6. The first-order chi connectivity index (χ1) is 13.5. The summed E-state index contributed by atoms with van der Waals surface area (Å²) in [4.78, 5) is 19.2. The Labute approximate surface area is 153 Å². The lowest BCUT2D eigenvalue weighted by molar-refractivity contribution is 0.515. The van der Waals surface area contributed by atoms with Crippen LogP contribution >= 0.6 is 0 Å². The number of nitrogen functional groups attached to an aromatic ring is 1. The van der Waals surface area contributed by atoms with E-state index in [1.54, 1.807) is 12.1 Å². The number of nitrogens with one attached hydrogen (secondary N) is 2. The lowest BCUT2D eigenvalue weighted by atomic mass is 9.95. The predicted molar refractivity (Wildman–Crippen MR) is 99.2 cm³/mol. The molecule has 0 atom stereocenters. The van der Waals surface area contributed by atoms with Gasteiger partial charge in [0.05, 0.1) is 17.2 Å². The highest BCUT2D eigenvalue weighted by Crippen LogP contribution is 2.39. The highest BCUT2D eigenvalue weighted by molar-refractivity contribution is 6.14. The van der Waals surface area contributed by atoms with Gasteiger partial charge in [-0.15, -0.1) is 0 Å². The lowest BCUT2D eigenvalue weighted by Crippen LogP contribution is -2.14. The first kappa shape index (κ1) is 16.3. The second-order valence-corrected chi connectivity index (χ2v) is 6.30. The molecule has 0 fully saturated rings. The number of benzene rings is 2. The third-order valence-corrected chi connectivity index (χ3v) is 4.76. The van der Waals surface area contributed by atoms with E-state index in [4.69, 9.17) is 5.73 Å². The minimum absolute atomic E-state index is 0.0221. The van der Waals surface area contributed by atoms with Crippen molar-refractivity contribution in [2.45, 2.75) is 0 Å². The number of hydrogen-bond donors (Lipinski definition) is 3. The maximum atomic E-state index is 15.1. The fraction of sp³-hybridized carbons (Fsp3) is 0. The van der Waals surface area contributed by atoms with Gasteiger partial charge in [-0.25, -0.2) is 13.2 Å². The summed E-state index contributed by atoms with van der Waals surface area (Å²) in [6, 6.07) is 5.38. The third-order valence-electron chi connectivity index (χ3n) is 4.76. The number of nitrogens with two attached hydrogens (primary N) is 1. The number of hydrogen-bond acceptors (Lipinski definition) is 4. The smallest absolute Gasteiger partial charge is 0.272 e. The number of aromatic nitrogens is 4. The molecule has 0 spiro atoms. The van der Waals surface area contributed by atoms with Crippen LogP contribution < -0.4 is 11.3 Å². The normalized spacial score (nSPS) is 11.7. The Hall–Kier alpha value is -3.88. The van der Waals surface area contributed by atoms with Gasteiger partial charge in [-0.1, -0.05) is 0 Å². The molecule has 0 amide bonds. The third kappa shape index (κ3) is 2.07. The van der Waals surface area contributed by atoms with Crippen LogP contribution in [0.25, 0.3) is 43.8 Å². The van der Waals surface area contributed by atoms with E-state index in [2.05, 4.69) is 20.2 Å². The largest absolute Gasteiger partial charge is 0.394 e. The van der Waals surface area contributed by atoms with Gasteiger partial charge < -0.3 is 10.7 Å². The number of pyridine rings is 2. The molecule has 28 heavy (non-hydrogen) atoms. The van der Waals surface area contributed by atoms with E-state index in [1.165, 1.54) is 18.5 Å². The zero-order valence-electron chi connectivity index (χ0n) is 14.0. The first-order valence-corrected chi connectivity index (χ1v) is 8.17. The van der Waals surface area contributed by atoms with Gasteiger partial charge in [0, 0.05) is 34.0 Å². The number of halogens is 3. The van der Waals surface area contributed by atoms with E-state index >= 15 is 4.39 Å². The van der Waals surface area contributed by atoms with Crippen molar-refractivity contribution >= 4 is 38.4 Å². The predicted octanol–water partition coefficient (Wildman–Crippen LogP) is 3.62. The van der Waals surface area contributed by atoms with Crippen LogP contribution in [0.5, 0.6) is 0 Å². The molecule has 0 aliphatic heterocycles. The zero-order valence-corrected chi connectivity index (χ0v) is 14.0. The average molecular weight is 381 g/mol. The molecule has 0 unspecified atom stereocenters. The fourth-order valence-corrected chi connectivity index (χ4v) is 3.53. The Morgan fingerprint density at radius 2 is 1.86 bits per heavy atom. The van der Waals surface area contributed by atoms with Crippen molar-refractivity contribution in [1.29, 1.82) is 0 Å². The Morgan fingerprint density at radius 3 is 2.68 bits per heavy atom. The summed E-state index contributed by atoms with van der Waals surface area (Å²) in [5.41, 5.74) is 5.28. The molecule has 6 nitrogen and oxygen atoms in total. The van der Waals surface area contributed by atoms with E-state index in [0.717, 1.165) is 6.07 Å². The van der Waals surface area contributed by atoms with E-state index in [-0.39, 0.29) is 38.6 Å². The van der Waals surface area contributed by atoms with Gasteiger partial charge in [0.25, 0.3) is 5.56 Å². The van der Waals surface area contributed by atoms with Crippen molar-refractivity contribution in [3.8, 4) is 11.1 Å². The van der Waals surface area contributed by atoms with Crippen molar-refractivity contribution in [1.82, 2.24) is 20.2 Å². The highest BCUT2D eigenvalue weighted by atomic mass is 19.2. The minimum atomic E-state index is -1.18. The summed E-state index contributed by atoms with van der Waals surface area (Å²) in [5.74, 6) is -3.01. The van der Waals surface area contributed by atoms with Gasteiger partial charge in [0.15, 0.2) is 11.6 Å². The Balaban J connectivity index is 2.06. The number of anilines is 1. The van der Waals surface area contributed by atoms with E-state index < -0.39 is 23.0 Å². The molecule has 0 bridgehead atoms. The second kappa shape index (κ2) is 5.56. The number of aromatic amines is 2. The van der Waals surface area contributed by atoms with Gasteiger partial charge in [0.1, 0.15) is 17.0 Å². The first-order valence-electron chi connectivity index (χ1n) is 8.17. The van der Waals surface area contributed by atoms with Gasteiger partial charge in [-0.05, 0) is 23.8 Å². The van der Waals surface area contributed by atoms with Crippen molar-refractivity contribution in [2.75, 3.05) is 5.73 Å². The average Bonchev–Trinajstić information content (AvgIpc) is 3.17. The molecule has 0 aliphatic carbocycles. The SMILES string of the molecule is Nc1c(-c2cc(F)c(F)c3[nH]ncc23)c2c(F)cc3ncccc3c2[nH]c1=O. The molecule has 0 radical (unpaired) electrons. The molecule has 0 aliphatic rings. The summed E-state index contributed by atoms with van der Waals surface area (Å²) in [7, 11) is 0.